The Morgan fingerprint density at radius 1 is 0.354 bits per heavy atom. The lowest BCUT2D eigenvalue weighted by atomic mass is 10.1. The average Bonchev–Trinajstić information content (AvgIpc) is 3.50. The highest BCUT2D eigenvalue weighted by Crippen LogP contribution is 2.43. The lowest BCUT2D eigenvalue weighted by molar-refractivity contribution is -0.161. The average molecular weight is 1160 g/mol. The van der Waals surface area contributed by atoms with Crippen LogP contribution in [0.1, 0.15) is 239 Å². The summed E-state index contributed by atoms with van der Waals surface area (Å²) in [7, 11) is -4.80. The lowest BCUT2D eigenvalue weighted by Crippen LogP contribution is -2.30. The van der Waals surface area contributed by atoms with Gasteiger partial charge in [-0.25, -0.2) is 4.57 Å². The van der Waals surface area contributed by atoms with Gasteiger partial charge in [0.1, 0.15) is 12.7 Å². The second-order valence-electron chi connectivity index (χ2n) is 20.5. The van der Waals surface area contributed by atoms with E-state index in [0.717, 1.165) is 83.5 Å². The minimum absolute atomic E-state index is 0.0224. The van der Waals surface area contributed by atoms with E-state index in [1.165, 1.54) is 83.5 Å². The van der Waals surface area contributed by atoms with Crippen LogP contribution in [0, 0.1) is 0 Å². The topological polar surface area (TPSA) is 155 Å². The fraction of sp³-hybridized carbons (Fsp3) is 0.614. The summed E-state index contributed by atoms with van der Waals surface area (Å²) in [6.07, 6.45) is 81.1. The van der Waals surface area contributed by atoms with Gasteiger partial charge in [-0.2, -0.15) is 0 Å². The fourth-order valence-corrected chi connectivity index (χ4v) is 8.78. The Hall–Kier alpha value is -4.64. The number of hydrogen-bond acceptors (Lipinski definition) is 10. The van der Waals surface area contributed by atoms with Gasteiger partial charge in [0.15, 0.2) is 6.10 Å². The largest absolute Gasteiger partial charge is 0.472 e. The summed E-state index contributed by atoms with van der Waals surface area (Å²) in [5.74, 6) is -1.65. The van der Waals surface area contributed by atoms with Crippen LogP contribution in [-0.4, -0.2) is 66.5 Å². The molecule has 82 heavy (non-hydrogen) atoms. The third-order valence-electron chi connectivity index (χ3n) is 12.7. The summed E-state index contributed by atoms with van der Waals surface area (Å²) in [5.41, 5.74) is 0. The van der Waals surface area contributed by atoms with Gasteiger partial charge in [-0.3, -0.25) is 23.4 Å². The number of allylic oxidation sites excluding steroid dienone is 24. The van der Waals surface area contributed by atoms with Crippen molar-refractivity contribution in [1.29, 1.82) is 0 Å². The maximum Gasteiger partial charge on any atom is 0.472 e. The van der Waals surface area contributed by atoms with E-state index in [0.29, 0.717) is 32.1 Å². The van der Waals surface area contributed by atoms with Crippen molar-refractivity contribution in [2.24, 2.45) is 0 Å². The number of aliphatic hydroxyl groups excluding tert-OH is 1. The molecule has 0 aromatic carbocycles. The molecule has 0 fully saturated rings. The lowest BCUT2D eigenvalue weighted by Gasteiger charge is -2.21. The number of esters is 3. The SMILES string of the molecule is CC/C=C\C/C=C\C/C=C\C/C=C\C/C=C\C/C=C\CCC(=O)OC(COC(=O)CCC/C=C\C/C=C\C/C=C\C/C=C\C/C=C\CC)COP(=O)(O)OCC(CO)OC(=O)CCCCCCCCCCC/C=C\CCCCCCCC. The van der Waals surface area contributed by atoms with E-state index in [9.17, 15) is 28.9 Å². The maximum absolute atomic E-state index is 12.9. The first-order chi connectivity index (χ1) is 40.2. The molecule has 464 valence electrons. The quantitative estimate of drug-likeness (QED) is 0.0197. The van der Waals surface area contributed by atoms with E-state index >= 15 is 0 Å². The zero-order valence-electron chi connectivity index (χ0n) is 51.4. The normalized spacial score (nSPS) is 14.3. The maximum atomic E-state index is 12.9. The van der Waals surface area contributed by atoms with Crippen LogP contribution in [0.15, 0.2) is 146 Å². The fourth-order valence-electron chi connectivity index (χ4n) is 8.00. The van der Waals surface area contributed by atoms with Crippen molar-refractivity contribution in [3.05, 3.63) is 146 Å². The first-order valence-electron chi connectivity index (χ1n) is 31.7. The monoisotopic (exact) mass is 1160 g/mol. The molecule has 0 aromatic rings. The molecule has 0 bridgehead atoms. The van der Waals surface area contributed by atoms with Crippen molar-refractivity contribution >= 4 is 25.7 Å². The Labute approximate surface area is 499 Å². The van der Waals surface area contributed by atoms with Crippen molar-refractivity contribution in [2.45, 2.75) is 251 Å². The first-order valence-corrected chi connectivity index (χ1v) is 33.2. The van der Waals surface area contributed by atoms with Crippen LogP contribution in [0.4, 0.5) is 0 Å². The van der Waals surface area contributed by atoms with Gasteiger partial charge < -0.3 is 24.2 Å². The van der Waals surface area contributed by atoms with Gasteiger partial charge in [0.25, 0.3) is 0 Å². The number of unbranched alkanes of at least 4 members (excludes halogenated alkanes) is 16. The van der Waals surface area contributed by atoms with E-state index in [2.05, 4.69) is 148 Å². The molecule has 0 amide bonds. The molecule has 12 heteroatoms. The predicted molar refractivity (Wildman–Crippen MR) is 343 cm³/mol. The van der Waals surface area contributed by atoms with Crippen molar-refractivity contribution in [3.8, 4) is 0 Å². The molecule has 0 rings (SSSR count). The minimum Gasteiger partial charge on any atom is -0.462 e. The van der Waals surface area contributed by atoms with E-state index in [4.69, 9.17) is 23.3 Å². The zero-order chi connectivity index (χ0) is 59.8. The Morgan fingerprint density at radius 3 is 1.10 bits per heavy atom. The number of phosphoric acid groups is 1. The van der Waals surface area contributed by atoms with Crippen LogP contribution in [0.25, 0.3) is 0 Å². The van der Waals surface area contributed by atoms with Gasteiger partial charge in [0, 0.05) is 19.3 Å². The molecule has 3 unspecified atom stereocenters. The smallest absolute Gasteiger partial charge is 0.462 e. The number of carbonyl (C=O) groups is 3. The number of aliphatic hydroxyl groups is 1. The zero-order valence-corrected chi connectivity index (χ0v) is 52.3. The third-order valence-corrected chi connectivity index (χ3v) is 13.7. The van der Waals surface area contributed by atoms with Crippen LogP contribution in [-0.2, 0) is 42.2 Å². The van der Waals surface area contributed by atoms with Gasteiger partial charge in [-0.05, 0) is 122 Å². The Balaban J connectivity index is 4.87. The van der Waals surface area contributed by atoms with E-state index in [1.54, 1.807) is 0 Å². The molecular formula is C70H113O11P. The molecule has 11 nitrogen and oxygen atoms in total. The van der Waals surface area contributed by atoms with Gasteiger partial charge in [-0.15, -0.1) is 0 Å². The van der Waals surface area contributed by atoms with Crippen LogP contribution in [0.2, 0.25) is 0 Å². The van der Waals surface area contributed by atoms with Crippen molar-refractivity contribution in [2.75, 3.05) is 26.4 Å². The van der Waals surface area contributed by atoms with Gasteiger partial charge in [-0.1, -0.05) is 244 Å². The van der Waals surface area contributed by atoms with Gasteiger partial charge in [0.2, 0.25) is 0 Å². The Bertz CT molecular complexity index is 1930. The molecule has 0 spiro atoms. The summed E-state index contributed by atoms with van der Waals surface area (Å²) < 4.78 is 39.5. The standard InChI is InChI=1S/C70H113O11P/c1-4-7-10-13-16-19-22-25-28-31-33-36-39-42-45-48-51-54-57-60-69(73)80-66(62-71)64-78-82(75,76)79-65-67(63-77-68(72)59-56-53-50-47-44-41-38-35-30-27-24-21-18-15-12-9-6-3)81-70(74)61-58-55-52-49-46-43-40-37-34-32-29-26-23-20-17-14-11-8-5-2/h8-9,11-12,17-18,20-21,25-30,34,37-38,41,43,46-47,50,52,55,66-67,71H,4-7,10,13-16,19,22-24,31-33,35-36,39-40,42,44-45,48-49,51,53-54,56-65H2,1-3H3,(H,75,76)/b11-8-,12-9-,20-17-,21-18-,28-25-,29-26-,30-27-,37-34-,41-38-,46-43-,50-47-,55-52-. The predicted octanol–water partition coefficient (Wildman–Crippen LogP) is 19.5. The number of rotatable bonds is 57. The Morgan fingerprint density at radius 2 is 0.671 bits per heavy atom. The molecule has 0 saturated carbocycles. The molecule has 0 aliphatic rings. The first kappa shape index (κ1) is 77.4. The van der Waals surface area contributed by atoms with Gasteiger partial charge in [0.05, 0.1) is 19.8 Å². The second kappa shape index (κ2) is 62.4. The highest BCUT2D eigenvalue weighted by molar-refractivity contribution is 7.47. The molecule has 0 aliphatic carbocycles. The summed E-state index contributed by atoms with van der Waals surface area (Å²) >= 11 is 0. The molecule has 0 aliphatic heterocycles. The van der Waals surface area contributed by atoms with E-state index in [-0.39, 0.29) is 19.3 Å². The number of hydrogen-bond donors (Lipinski definition) is 2. The molecule has 0 aromatic heterocycles. The number of carbonyl (C=O) groups excluding carboxylic acids is 3. The van der Waals surface area contributed by atoms with Crippen molar-refractivity contribution in [1.82, 2.24) is 0 Å². The summed E-state index contributed by atoms with van der Waals surface area (Å²) in [6, 6.07) is 0. The highest BCUT2D eigenvalue weighted by Gasteiger charge is 2.28. The molecule has 3 atom stereocenters. The number of phosphoric ester groups is 1. The second-order valence-corrected chi connectivity index (χ2v) is 21.9. The molecular weight excluding hydrogens is 1050 g/mol. The van der Waals surface area contributed by atoms with E-state index in [1.807, 2.05) is 18.2 Å². The van der Waals surface area contributed by atoms with Gasteiger partial charge >= 0.3 is 25.7 Å². The molecule has 0 saturated heterocycles. The highest BCUT2D eigenvalue weighted by atomic mass is 31.2. The molecule has 2 N–H and O–H groups in total. The molecule has 0 radical (unpaired) electrons. The minimum atomic E-state index is -4.80. The van der Waals surface area contributed by atoms with Crippen LogP contribution >= 0.6 is 7.82 Å². The summed E-state index contributed by atoms with van der Waals surface area (Å²) in [4.78, 5) is 48.7. The van der Waals surface area contributed by atoms with Crippen LogP contribution in [0.3, 0.4) is 0 Å². The van der Waals surface area contributed by atoms with Crippen molar-refractivity contribution in [3.63, 3.8) is 0 Å². The summed E-state index contributed by atoms with van der Waals surface area (Å²) in [6.45, 7) is 4.27. The summed E-state index contributed by atoms with van der Waals surface area (Å²) in [5, 5.41) is 9.86. The van der Waals surface area contributed by atoms with Crippen molar-refractivity contribution < 1.29 is 52.2 Å². The van der Waals surface area contributed by atoms with Crippen LogP contribution < -0.4 is 0 Å². The number of ether oxygens (including phenoxy) is 3. The third kappa shape index (κ3) is 60.0. The Kier molecular flexibility index (Phi) is 58.9. The van der Waals surface area contributed by atoms with Crippen LogP contribution in [0.5, 0.6) is 0 Å². The molecule has 0 heterocycles. The van der Waals surface area contributed by atoms with E-state index < -0.39 is 64.4 Å².